The number of thiophene rings is 1. The standard InChI is InChI=1S/C14H22N4O2S/c1-9(15)10-3-2-5-18(7-10)8-12(19)17-14-11(13(16)20)4-6-21-14/h4,6,9-10H,2-3,5,7-8,15H2,1H3,(H2,16,20)(H,17,19). The van der Waals surface area contributed by atoms with Crippen LogP contribution in [0.5, 0.6) is 0 Å². The van der Waals surface area contributed by atoms with Gasteiger partial charge in [-0.2, -0.15) is 0 Å². The van der Waals surface area contributed by atoms with Gasteiger partial charge in [-0.05, 0) is 43.7 Å². The fourth-order valence-electron chi connectivity index (χ4n) is 2.63. The van der Waals surface area contributed by atoms with Crippen LogP contribution in [-0.4, -0.2) is 42.4 Å². The molecule has 2 heterocycles. The van der Waals surface area contributed by atoms with Gasteiger partial charge in [0.25, 0.3) is 5.91 Å². The number of piperidine rings is 1. The molecule has 6 nitrogen and oxygen atoms in total. The summed E-state index contributed by atoms with van der Waals surface area (Å²) in [5.41, 5.74) is 11.6. The number of anilines is 1. The van der Waals surface area contributed by atoms with E-state index in [1.54, 1.807) is 11.4 Å². The number of nitrogens with two attached hydrogens (primary N) is 2. The van der Waals surface area contributed by atoms with E-state index in [1.807, 2.05) is 6.92 Å². The quantitative estimate of drug-likeness (QED) is 0.750. The van der Waals surface area contributed by atoms with E-state index >= 15 is 0 Å². The molecule has 1 fully saturated rings. The summed E-state index contributed by atoms with van der Waals surface area (Å²) in [5, 5.41) is 5.03. The van der Waals surface area contributed by atoms with Gasteiger partial charge in [0, 0.05) is 12.6 Å². The van der Waals surface area contributed by atoms with Gasteiger partial charge in [-0.3, -0.25) is 14.5 Å². The van der Waals surface area contributed by atoms with Crippen LogP contribution in [0.25, 0.3) is 0 Å². The highest BCUT2D eigenvalue weighted by Crippen LogP contribution is 2.23. The van der Waals surface area contributed by atoms with Crippen LogP contribution < -0.4 is 16.8 Å². The summed E-state index contributed by atoms with van der Waals surface area (Å²) < 4.78 is 0. The molecule has 1 aromatic rings. The second kappa shape index (κ2) is 7.02. The Morgan fingerprint density at radius 2 is 2.33 bits per heavy atom. The lowest BCUT2D eigenvalue weighted by atomic mass is 9.92. The number of carbonyl (C=O) groups excluding carboxylic acids is 2. The van der Waals surface area contributed by atoms with Crippen molar-refractivity contribution in [1.29, 1.82) is 0 Å². The van der Waals surface area contributed by atoms with Crippen LogP contribution in [0.3, 0.4) is 0 Å². The van der Waals surface area contributed by atoms with Crippen molar-refractivity contribution in [3.63, 3.8) is 0 Å². The van der Waals surface area contributed by atoms with E-state index in [1.165, 1.54) is 11.3 Å². The molecule has 2 amide bonds. The summed E-state index contributed by atoms with van der Waals surface area (Å²) >= 11 is 1.30. The lowest BCUT2D eigenvalue weighted by Crippen LogP contribution is -2.45. The van der Waals surface area contributed by atoms with Gasteiger partial charge in [-0.1, -0.05) is 0 Å². The van der Waals surface area contributed by atoms with Crippen LogP contribution in [0, 0.1) is 5.92 Å². The molecule has 21 heavy (non-hydrogen) atoms. The van der Waals surface area contributed by atoms with Crippen molar-refractivity contribution in [2.24, 2.45) is 17.4 Å². The van der Waals surface area contributed by atoms with Gasteiger partial charge in [0.15, 0.2) is 0 Å². The van der Waals surface area contributed by atoms with Crippen molar-refractivity contribution in [3.8, 4) is 0 Å². The third kappa shape index (κ3) is 4.26. The number of hydrogen-bond acceptors (Lipinski definition) is 5. The summed E-state index contributed by atoms with van der Waals surface area (Å²) in [6.07, 6.45) is 2.18. The second-order valence-electron chi connectivity index (χ2n) is 5.57. The minimum atomic E-state index is -0.526. The summed E-state index contributed by atoms with van der Waals surface area (Å²) in [6.45, 7) is 4.08. The van der Waals surface area contributed by atoms with Crippen molar-refractivity contribution in [3.05, 3.63) is 17.0 Å². The van der Waals surface area contributed by atoms with Crippen LogP contribution in [0.1, 0.15) is 30.1 Å². The first-order valence-corrected chi connectivity index (χ1v) is 8.00. The van der Waals surface area contributed by atoms with Gasteiger partial charge in [-0.15, -0.1) is 11.3 Å². The molecule has 1 saturated heterocycles. The van der Waals surface area contributed by atoms with E-state index in [9.17, 15) is 9.59 Å². The topological polar surface area (TPSA) is 101 Å². The molecule has 0 spiro atoms. The number of primary amides is 1. The van der Waals surface area contributed by atoms with Crippen molar-refractivity contribution >= 4 is 28.2 Å². The van der Waals surface area contributed by atoms with Crippen molar-refractivity contribution in [2.45, 2.75) is 25.8 Å². The van der Waals surface area contributed by atoms with Gasteiger partial charge in [0.2, 0.25) is 5.91 Å². The molecule has 7 heteroatoms. The minimum Gasteiger partial charge on any atom is -0.366 e. The third-order valence-corrected chi connectivity index (χ3v) is 4.67. The van der Waals surface area contributed by atoms with Crippen molar-refractivity contribution in [2.75, 3.05) is 25.0 Å². The minimum absolute atomic E-state index is 0.120. The molecule has 0 aliphatic carbocycles. The van der Waals surface area contributed by atoms with Crippen LogP contribution in [0.15, 0.2) is 11.4 Å². The highest BCUT2D eigenvalue weighted by molar-refractivity contribution is 7.14. The van der Waals surface area contributed by atoms with E-state index in [0.29, 0.717) is 23.0 Å². The maximum atomic E-state index is 12.1. The van der Waals surface area contributed by atoms with Gasteiger partial charge < -0.3 is 16.8 Å². The maximum absolute atomic E-state index is 12.1. The number of amides is 2. The molecule has 116 valence electrons. The highest BCUT2D eigenvalue weighted by Gasteiger charge is 2.24. The van der Waals surface area contributed by atoms with Crippen LogP contribution in [0.4, 0.5) is 5.00 Å². The van der Waals surface area contributed by atoms with Crippen LogP contribution in [-0.2, 0) is 4.79 Å². The predicted octanol–water partition coefficient (Wildman–Crippen LogP) is 0.845. The molecule has 5 N–H and O–H groups in total. The molecule has 2 atom stereocenters. The Balaban J connectivity index is 1.89. The average molecular weight is 310 g/mol. The van der Waals surface area contributed by atoms with Crippen molar-refractivity contribution in [1.82, 2.24) is 4.90 Å². The largest absolute Gasteiger partial charge is 0.366 e. The monoisotopic (exact) mass is 310 g/mol. The van der Waals surface area contributed by atoms with Gasteiger partial charge in [-0.25, -0.2) is 0 Å². The average Bonchev–Trinajstić information content (AvgIpc) is 2.87. The SMILES string of the molecule is CC(N)C1CCCN(CC(=O)Nc2sccc2C(N)=O)C1. The summed E-state index contributed by atoms with van der Waals surface area (Å²) in [6, 6.07) is 1.77. The fraction of sp³-hybridized carbons (Fsp3) is 0.571. The molecule has 1 aliphatic heterocycles. The molecule has 0 aromatic carbocycles. The Bertz CT molecular complexity index is 515. The maximum Gasteiger partial charge on any atom is 0.251 e. The Labute approximate surface area is 128 Å². The molecular formula is C14H22N4O2S. The second-order valence-corrected chi connectivity index (χ2v) is 6.49. The van der Waals surface area contributed by atoms with E-state index < -0.39 is 5.91 Å². The van der Waals surface area contributed by atoms with E-state index in [-0.39, 0.29) is 11.9 Å². The van der Waals surface area contributed by atoms with Gasteiger partial charge in [0.05, 0.1) is 12.1 Å². The first-order chi connectivity index (χ1) is 9.97. The van der Waals surface area contributed by atoms with E-state index in [2.05, 4.69) is 10.2 Å². The molecular weight excluding hydrogens is 288 g/mol. The number of nitrogens with one attached hydrogen (secondary N) is 1. The zero-order valence-electron chi connectivity index (χ0n) is 12.2. The van der Waals surface area contributed by atoms with Crippen LogP contribution in [0.2, 0.25) is 0 Å². The zero-order chi connectivity index (χ0) is 15.4. The number of likely N-dealkylation sites (tertiary alicyclic amines) is 1. The number of nitrogens with zero attached hydrogens (tertiary/aromatic N) is 1. The summed E-state index contributed by atoms with van der Waals surface area (Å²) in [5.74, 6) is -0.207. The summed E-state index contributed by atoms with van der Waals surface area (Å²) in [7, 11) is 0. The zero-order valence-corrected chi connectivity index (χ0v) is 13.0. The summed E-state index contributed by atoms with van der Waals surface area (Å²) in [4.78, 5) is 25.4. The van der Waals surface area contributed by atoms with Crippen LogP contribution >= 0.6 is 11.3 Å². The lowest BCUT2D eigenvalue weighted by Gasteiger charge is -2.34. The van der Waals surface area contributed by atoms with E-state index in [0.717, 1.165) is 25.9 Å². The number of rotatable bonds is 5. The predicted molar refractivity (Wildman–Crippen MR) is 84.3 cm³/mol. The molecule has 1 aromatic heterocycles. The lowest BCUT2D eigenvalue weighted by molar-refractivity contribution is -0.117. The molecule has 2 unspecified atom stereocenters. The Morgan fingerprint density at radius 3 is 3.00 bits per heavy atom. The Kier molecular flexibility index (Phi) is 5.33. The normalized spacial score (nSPS) is 21.0. The first-order valence-electron chi connectivity index (χ1n) is 7.12. The first kappa shape index (κ1) is 15.9. The van der Waals surface area contributed by atoms with Crippen molar-refractivity contribution < 1.29 is 9.59 Å². The molecule has 0 bridgehead atoms. The smallest absolute Gasteiger partial charge is 0.251 e. The Morgan fingerprint density at radius 1 is 1.57 bits per heavy atom. The van der Waals surface area contributed by atoms with Gasteiger partial charge >= 0.3 is 0 Å². The molecule has 1 aliphatic rings. The Hall–Kier alpha value is -1.44. The molecule has 2 rings (SSSR count). The number of carbonyl (C=O) groups is 2. The third-order valence-electron chi connectivity index (χ3n) is 3.84. The fourth-order valence-corrected chi connectivity index (χ4v) is 3.44. The number of hydrogen-bond donors (Lipinski definition) is 3. The van der Waals surface area contributed by atoms with E-state index in [4.69, 9.17) is 11.5 Å². The molecule has 0 radical (unpaired) electrons. The highest BCUT2D eigenvalue weighted by atomic mass is 32.1. The molecule has 0 saturated carbocycles. The van der Waals surface area contributed by atoms with Gasteiger partial charge in [0.1, 0.15) is 5.00 Å².